The number of para-hydroxylation sites is 1. The van der Waals surface area contributed by atoms with Gasteiger partial charge in [0.2, 0.25) is 27.7 Å². The Hall–Kier alpha value is -4.47. The number of ether oxygens (including phenoxy) is 1. The van der Waals surface area contributed by atoms with Gasteiger partial charge >= 0.3 is 5.82 Å². The molecule has 3 aromatic rings. The average Bonchev–Trinajstić information content (AvgIpc) is 3.66. The number of nitrogens with one attached hydrogen (secondary N) is 2. The molecular formula is C34H41N5O9S. The fraction of sp³-hybridized carbons (Fsp3) is 0.471. The summed E-state index contributed by atoms with van der Waals surface area (Å²) in [7, 11) is -2.38. The van der Waals surface area contributed by atoms with Crippen molar-refractivity contribution in [2.75, 3.05) is 26.7 Å². The smallest absolute Gasteiger partial charge is 0.493 e. The van der Waals surface area contributed by atoms with E-state index >= 15 is 0 Å². The molecule has 3 amide bonds. The number of aryl methyl sites for hydroxylation is 1. The molecule has 1 aromatic heterocycles. The molecule has 49 heavy (non-hydrogen) atoms. The van der Waals surface area contributed by atoms with Crippen molar-refractivity contribution in [3.05, 3.63) is 82.3 Å². The Morgan fingerprint density at radius 1 is 0.959 bits per heavy atom. The summed E-state index contributed by atoms with van der Waals surface area (Å²) in [4.78, 5) is 56.8. The molecule has 0 radical (unpaired) electrons. The first kappa shape index (κ1) is 34.4. The maximum Gasteiger partial charge on any atom is 0.519 e. The van der Waals surface area contributed by atoms with Gasteiger partial charge in [-0.2, -0.15) is 4.31 Å². The van der Waals surface area contributed by atoms with Crippen LogP contribution in [0.15, 0.2) is 73.1 Å². The minimum absolute atomic E-state index is 0.0745. The van der Waals surface area contributed by atoms with E-state index in [4.69, 9.17) is 13.6 Å². The molecule has 5 atom stereocenters. The van der Waals surface area contributed by atoms with E-state index in [0.717, 1.165) is 5.56 Å². The summed E-state index contributed by atoms with van der Waals surface area (Å²) in [5.74, 6) is -0.970. The van der Waals surface area contributed by atoms with Gasteiger partial charge in [-0.3, -0.25) is 19.3 Å². The van der Waals surface area contributed by atoms with Crippen LogP contribution in [0.4, 0.5) is 0 Å². The lowest BCUT2D eigenvalue weighted by atomic mass is 10.00. The summed E-state index contributed by atoms with van der Waals surface area (Å²) < 4.78 is 44.6. The van der Waals surface area contributed by atoms with Crippen molar-refractivity contribution < 1.29 is 36.4 Å². The Balaban J connectivity index is 1.25. The second kappa shape index (κ2) is 14.2. The Bertz CT molecular complexity index is 1860. The number of nitrogens with zero attached hydrogens (tertiary/aromatic N) is 3. The van der Waals surface area contributed by atoms with E-state index in [1.165, 1.54) is 16.4 Å². The molecule has 4 heterocycles. The van der Waals surface area contributed by atoms with Crippen molar-refractivity contribution in [2.24, 2.45) is 0 Å². The van der Waals surface area contributed by atoms with E-state index in [0.29, 0.717) is 38.0 Å². The molecule has 0 spiro atoms. The highest BCUT2D eigenvalue weighted by atomic mass is 32.2. The van der Waals surface area contributed by atoms with Gasteiger partial charge in [0.1, 0.15) is 23.6 Å². The number of amides is 3. The summed E-state index contributed by atoms with van der Waals surface area (Å²) >= 11 is 0. The molecule has 262 valence electrons. The van der Waals surface area contributed by atoms with Gasteiger partial charge in [0.25, 0.3) is 0 Å². The van der Waals surface area contributed by atoms with Gasteiger partial charge < -0.3 is 29.1 Å². The predicted molar refractivity (Wildman–Crippen MR) is 176 cm³/mol. The third kappa shape index (κ3) is 7.14. The van der Waals surface area contributed by atoms with E-state index < -0.39 is 51.8 Å². The highest BCUT2D eigenvalue weighted by molar-refractivity contribution is 7.89. The highest BCUT2D eigenvalue weighted by Crippen LogP contribution is 2.34. The van der Waals surface area contributed by atoms with Crippen LogP contribution in [0.25, 0.3) is 0 Å². The minimum Gasteiger partial charge on any atom is -0.493 e. The molecule has 0 saturated carbocycles. The number of hydrogen-bond acceptors (Lipinski definition) is 10. The third-order valence-electron chi connectivity index (χ3n) is 9.70. The number of sulfonamides is 1. The monoisotopic (exact) mass is 695 g/mol. The maximum absolute atomic E-state index is 14.5. The molecule has 2 N–H and O–H groups in total. The Morgan fingerprint density at radius 3 is 2.43 bits per heavy atom. The van der Waals surface area contributed by atoms with Crippen molar-refractivity contribution in [1.82, 2.24) is 24.7 Å². The maximum atomic E-state index is 14.5. The zero-order valence-corrected chi connectivity index (χ0v) is 28.5. The van der Waals surface area contributed by atoms with Crippen molar-refractivity contribution in [1.29, 1.82) is 0 Å². The SMILES string of the molecule is Cc1oc(=O)oc1CN(C)[C@@H](C)C(=O)N[C@H]1CN(S(=O)(=O)c2ccccc2)CC[C@H]2CC[C@@H](C(=O)N[C@@H]3CCOc4ccccc43)N2C1=O. The lowest BCUT2D eigenvalue weighted by Gasteiger charge is -2.39. The lowest BCUT2D eigenvalue weighted by molar-refractivity contribution is -0.145. The standard InChI is InChI=1S/C34H41N5O9S/c1-21(37(3)20-30-22(2)47-34(43)48-30)31(40)36-27-19-38(49(44,45)24-9-5-4-6-10-24)17-15-23-13-14-28(39(23)33(27)42)32(41)35-26-16-18-46-29-12-8-7-11-25(26)29/h4-12,21,23,26-28H,13-20H2,1-3H3,(H,35,41)(H,36,40)/t21-,23+,26+,27-,28-/m0/s1. The summed E-state index contributed by atoms with van der Waals surface area (Å²) in [6.45, 7) is 3.48. The molecule has 6 rings (SSSR count). The van der Waals surface area contributed by atoms with Gasteiger partial charge in [-0.25, -0.2) is 13.2 Å². The zero-order valence-electron chi connectivity index (χ0n) is 27.7. The number of rotatable bonds is 9. The summed E-state index contributed by atoms with van der Waals surface area (Å²) in [5, 5.41) is 5.93. The fourth-order valence-electron chi connectivity index (χ4n) is 6.81. The van der Waals surface area contributed by atoms with Crippen molar-refractivity contribution in [2.45, 2.75) is 81.2 Å². The second-order valence-corrected chi connectivity index (χ2v) is 14.7. The normalized spacial score (nSPS) is 23.5. The molecule has 3 aliphatic rings. The first-order valence-corrected chi connectivity index (χ1v) is 17.9. The van der Waals surface area contributed by atoms with Crippen LogP contribution in [-0.2, 0) is 31.0 Å². The van der Waals surface area contributed by atoms with Crippen LogP contribution in [0, 0.1) is 6.92 Å². The summed E-state index contributed by atoms with van der Waals surface area (Å²) in [5.41, 5.74) is 0.866. The highest BCUT2D eigenvalue weighted by Gasteiger charge is 2.47. The van der Waals surface area contributed by atoms with Gasteiger partial charge in [-0.1, -0.05) is 36.4 Å². The van der Waals surface area contributed by atoms with Gasteiger partial charge in [0.15, 0.2) is 5.76 Å². The molecule has 0 aliphatic carbocycles. The first-order valence-electron chi connectivity index (χ1n) is 16.4. The van der Waals surface area contributed by atoms with Crippen LogP contribution >= 0.6 is 0 Å². The van der Waals surface area contributed by atoms with Gasteiger partial charge in [-0.15, -0.1) is 0 Å². The number of likely N-dealkylation sites (N-methyl/N-ethyl adjacent to an activating group) is 1. The van der Waals surface area contributed by atoms with Gasteiger partial charge in [0, 0.05) is 31.1 Å². The molecule has 3 aliphatic heterocycles. The number of fused-ring (bicyclic) bond motifs is 2. The molecule has 14 nitrogen and oxygen atoms in total. The average molecular weight is 696 g/mol. The van der Waals surface area contributed by atoms with Crippen LogP contribution in [0.2, 0.25) is 0 Å². The van der Waals surface area contributed by atoms with Crippen molar-refractivity contribution in [3.8, 4) is 5.75 Å². The topological polar surface area (TPSA) is 172 Å². The number of hydrogen-bond donors (Lipinski definition) is 2. The van der Waals surface area contributed by atoms with E-state index in [-0.39, 0.29) is 48.0 Å². The van der Waals surface area contributed by atoms with Gasteiger partial charge in [0.05, 0.1) is 30.1 Å². The van der Waals surface area contributed by atoms with Crippen molar-refractivity contribution in [3.63, 3.8) is 0 Å². The van der Waals surface area contributed by atoms with Crippen LogP contribution < -0.4 is 21.2 Å². The Labute approximate surface area is 284 Å². The molecule has 0 bridgehead atoms. The van der Waals surface area contributed by atoms with Gasteiger partial charge in [-0.05, 0) is 58.4 Å². The van der Waals surface area contributed by atoms with E-state index in [1.54, 1.807) is 48.9 Å². The molecule has 2 saturated heterocycles. The molecule has 15 heteroatoms. The van der Waals surface area contributed by atoms with E-state index in [2.05, 4.69) is 10.6 Å². The number of benzene rings is 2. The van der Waals surface area contributed by atoms with E-state index in [1.807, 2.05) is 24.3 Å². The Morgan fingerprint density at radius 2 is 1.69 bits per heavy atom. The Kier molecular flexibility index (Phi) is 9.95. The fourth-order valence-corrected chi connectivity index (χ4v) is 8.30. The zero-order chi connectivity index (χ0) is 34.9. The largest absolute Gasteiger partial charge is 0.519 e. The molecule has 2 aromatic carbocycles. The van der Waals surface area contributed by atoms with Crippen LogP contribution in [-0.4, -0.2) is 91.2 Å². The quantitative estimate of drug-likeness (QED) is 0.337. The molecular weight excluding hydrogens is 654 g/mol. The summed E-state index contributed by atoms with van der Waals surface area (Å²) in [6, 6.07) is 11.9. The number of carbonyl (C=O) groups excluding carboxylic acids is 3. The molecule has 2 fully saturated rings. The lowest BCUT2D eigenvalue weighted by Crippen LogP contribution is -2.62. The number of carbonyl (C=O) groups is 3. The van der Waals surface area contributed by atoms with Crippen LogP contribution in [0.3, 0.4) is 0 Å². The first-order chi connectivity index (χ1) is 23.4. The minimum atomic E-state index is -4.02. The predicted octanol–water partition coefficient (Wildman–Crippen LogP) is 1.94. The second-order valence-electron chi connectivity index (χ2n) is 12.8. The molecule has 0 unspecified atom stereocenters. The van der Waals surface area contributed by atoms with Crippen LogP contribution in [0.1, 0.15) is 55.7 Å². The van der Waals surface area contributed by atoms with Crippen molar-refractivity contribution >= 4 is 27.7 Å². The third-order valence-corrected chi connectivity index (χ3v) is 11.6. The van der Waals surface area contributed by atoms with E-state index in [9.17, 15) is 27.6 Å². The summed E-state index contributed by atoms with van der Waals surface area (Å²) in [6.07, 6.45) is 1.80. The van der Waals surface area contributed by atoms with Crippen LogP contribution in [0.5, 0.6) is 5.75 Å².